The summed E-state index contributed by atoms with van der Waals surface area (Å²) in [6.45, 7) is 2.47. The lowest BCUT2D eigenvalue weighted by molar-refractivity contribution is -0.142. The lowest BCUT2D eigenvalue weighted by atomic mass is 9.96. The number of carboxylic acids is 1. The standard InChI is InChI=1S/C25H24N2O6S/c1-24(2,23(29)30)27-34(31,32)25(14-12-18(13-15-25)17-8-4-3-5-9-17)26-22(28)21-16-19-10-6-7-11-20(19)33-21/h3-14,16,27H,15H2,1-2H3,(H,26,28)(H,29,30). The van der Waals surface area contributed by atoms with E-state index in [4.69, 9.17) is 4.42 Å². The molecule has 1 atom stereocenters. The van der Waals surface area contributed by atoms with Gasteiger partial charge in [0.1, 0.15) is 11.1 Å². The van der Waals surface area contributed by atoms with Crippen LogP contribution in [0.25, 0.3) is 16.5 Å². The number of allylic oxidation sites excluding steroid dienone is 2. The molecule has 0 radical (unpaired) electrons. The molecule has 9 heteroatoms. The average molecular weight is 481 g/mol. The Balaban J connectivity index is 1.71. The van der Waals surface area contributed by atoms with Crippen molar-refractivity contribution in [3.63, 3.8) is 0 Å². The van der Waals surface area contributed by atoms with Gasteiger partial charge in [0.15, 0.2) is 10.6 Å². The third-order valence-electron chi connectivity index (χ3n) is 5.64. The molecule has 34 heavy (non-hydrogen) atoms. The highest BCUT2D eigenvalue weighted by molar-refractivity contribution is 7.91. The Morgan fingerprint density at radius 3 is 2.35 bits per heavy atom. The normalized spacial score (nSPS) is 18.5. The second-order valence-electron chi connectivity index (χ2n) is 8.59. The van der Waals surface area contributed by atoms with Crippen LogP contribution < -0.4 is 10.0 Å². The van der Waals surface area contributed by atoms with Crippen LogP contribution in [-0.4, -0.2) is 35.8 Å². The van der Waals surface area contributed by atoms with Crippen LogP contribution >= 0.6 is 0 Å². The number of hydrogen-bond donors (Lipinski definition) is 3. The fourth-order valence-electron chi connectivity index (χ4n) is 3.64. The molecule has 0 bridgehead atoms. The Labute approximate surface area is 197 Å². The predicted octanol–water partition coefficient (Wildman–Crippen LogP) is 3.69. The second-order valence-corrected chi connectivity index (χ2v) is 10.5. The van der Waals surface area contributed by atoms with Gasteiger partial charge in [0.05, 0.1) is 0 Å². The molecule has 1 aliphatic rings. The van der Waals surface area contributed by atoms with Crippen molar-refractivity contribution in [2.75, 3.05) is 0 Å². The molecular formula is C25H24N2O6S. The molecule has 0 spiro atoms. The lowest BCUT2D eigenvalue weighted by Gasteiger charge is -2.35. The molecule has 0 aliphatic heterocycles. The van der Waals surface area contributed by atoms with Crippen LogP contribution in [0.4, 0.5) is 0 Å². The van der Waals surface area contributed by atoms with Gasteiger partial charge in [0.25, 0.3) is 5.91 Å². The number of amides is 1. The van der Waals surface area contributed by atoms with E-state index in [1.807, 2.05) is 30.3 Å². The maximum absolute atomic E-state index is 13.5. The van der Waals surface area contributed by atoms with Gasteiger partial charge in [-0.1, -0.05) is 60.7 Å². The molecule has 1 unspecified atom stereocenters. The van der Waals surface area contributed by atoms with E-state index in [-0.39, 0.29) is 12.2 Å². The van der Waals surface area contributed by atoms with Gasteiger partial charge in [-0.25, -0.2) is 8.42 Å². The van der Waals surface area contributed by atoms with Crippen molar-refractivity contribution in [2.24, 2.45) is 0 Å². The van der Waals surface area contributed by atoms with Gasteiger partial charge in [-0.2, -0.15) is 4.72 Å². The summed E-state index contributed by atoms with van der Waals surface area (Å²) in [5.74, 6) is -2.15. The predicted molar refractivity (Wildman–Crippen MR) is 128 cm³/mol. The number of furan rings is 1. The van der Waals surface area contributed by atoms with Gasteiger partial charge in [0.2, 0.25) is 10.0 Å². The summed E-state index contributed by atoms with van der Waals surface area (Å²) in [5, 5.41) is 12.7. The van der Waals surface area contributed by atoms with E-state index in [0.29, 0.717) is 11.0 Å². The first kappa shape index (κ1) is 23.5. The lowest BCUT2D eigenvalue weighted by Crippen LogP contribution is -2.62. The molecule has 3 N–H and O–H groups in total. The molecule has 176 valence electrons. The number of carbonyl (C=O) groups is 2. The Morgan fingerprint density at radius 1 is 1.06 bits per heavy atom. The van der Waals surface area contributed by atoms with Crippen molar-refractivity contribution in [2.45, 2.75) is 30.7 Å². The van der Waals surface area contributed by atoms with Gasteiger partial charge in [-0.05, 0) is 43.2 Å². The van der Waals surface area contributed by atoms with Crippen LogP contribution in [0, 0.1) is 0 Å². The summed E-state index contributed by atoms with van der Waals surface area (Å²) in [5.41, 5.74) is 0.349. The smallest absolute Gasteiger partial charge is 0.324 e. The van der Waals surface area contributed by atoms with Gasteiger partial charge in [-0.3, -0.25) is 9.59 Å². The molecule has 1 amide bonds. The van der Waals surface area contributed by atoms with Crippen LogP contribution in [0.3, 0.4) is 0 Å². The zero-order chi connectivity index (χ0) is 24.6. The molecule has 0 saturated carbocycles. The number of aliphatic carboxylic acids is 1. The van der Waals surface area contributed by atoms with E-state index in [1.165, 1.54) is 26.0 Å². The van der Waals surface area contributed by atoms with Gasteiger partial charge in [-0.15, -0.1) is 0 Å². The van der Waals surface area contributed by atoms with Crippen molar-refractivity contribution in [1.29, 1.82) is 0 Å². The zero-order valence-electron chi connectivity index (χ0n) is 18.6. The Bertz CT molecular complexity index is 1390. The quantitative estimate of drug-likeness (QED) is 0.474. The molecular weight excluding hydrogens is 456 g/mol. The van der Waals surface area contributed by atoms with E-state index in [2.05, 4.69) is 10.0 Å². The van der Waals surface area contributed by atoms with Crippen LogP contribution in [-0.2, 0) is 14.8 Å². The average Bonchev–Trinajstić information content (AvgIpc) is 3.24. The first-order valence-corrected chi connectivity index (χ1v) is 12.0. The molecule has 0 fully saturated rings. The molecule has 1 aromatic heterocycles. The monoisotopic (exact) mass is 480 g/mol. The maximum Gasteiger partial charge on any atom is 0.324 e. The second kappa shape index (κ2) is 8.58. The van der Waals surface area contributed by atoms with E-state index in [0.717, 1.165) is 11.1 Å². The van der Waals surface area contributed by atoms with Crippen LogP contribution in [0.2, 0.25) is 0 Å². The summed E-state index contributed by atoms with van der Waals surface area (Å²) >= 11 is 0. The third kappa shape index (κ3) is 4.40. The summed E-state index contributed by atoms with van der Waals surface area (Å²) in [7, 11) is -4.42. The van der Waals surface area contributed by atoms with E-state index < -0.39 is 32.3 Å². The molecule has 3 aromatic rings. The summed E-state index contributed by atoms with van der Waals surface area (Å²) in [6, 6.07) is 17.9. The number of carbonyl (C=O) groups excluding carboxylic acids is 1. The number of hydrogen-bond acceptors (Lipinski definition) is 5. The number of sulfonamides is 1. The van der Waals surface area contributed by atoms with E-state index >= 15 is 0 Å². The van der Waals surface area contributed by atoms with Gasteiger partial charge >= 0.3 is 5.97 Å². The number of benzene rings is 2. The van der Waals surface area contributed by atoms with E-state index in [1.54, 1.807) is 36.4 Å². The molecule has 0 saturated heterocycles. The van der Waals surface area contributed by atoms with Gasteiger partial charge in [0, 0.05) is 11.8 Å². The first-order chi connectivity index (χ1) is 16.0. The van der Waals surface area contributed by atoms with Crippen molar-refractivity contribution in [3.8, 4) is 0 Å². The molecule has 8 nitrogen and oxygen atoms in total. The number of para-hydroxylation sites is 1. The highest BCUT2D eigenvalue weighted by atomic mass is 32.2. The minimum atomic E-state index is -4.42. The molecule has 1 aliphatic carbocycles. The SMILES string of the molecule is CC(C)(NS(=O)(=O)C1(NC(=O)c2cc3ccccc3o2)C=CC(c2ccccc2)=CC1)C(=O)O. The maximum atomic E-state index is 13.5. The van der Waals surface area contributed by atoms with E-state index in [9.17, 15) is 23.1 Å². The fourth-order valence-corrected chi connectivity index (χ4v) is 5.36. The van der Waals surface area contributed by atoms with Crippen LogP contribution in [0.1, 0.15) is 36.4 Å². The first-order valence-electron chi connectivity index (χ1n) is 10.6. The van der Waals surface area contributed by atoms with Crippen molar-refractivity contribution >= 4 is 38.4 Å². The molecule has 1 heterocycles. The van der Waals surface area contributed by atoms with Crippen molar-refractivity contribution in [1.82, 2.24) is 10.0 Å². The number of carboxylic acid groups (broad SMARTS) is 1. The number of rotatable bonds is 7. The minimum absolute atomic E-state index is 0.0560. The summed E-state index contributed by atoms with van der Waals surface area (Å²) in [6.07, 6.45) is 4.55. The summed E-state index contributed by atoms with van der Waals surface area (Å²) < 4.78 is 34.8. The van der Waals surface area contributed by atoms with Crippen molar-refractivity contribution < 1.29 is 27.5 Å². The largest absolute Gasteiger partial charge is 0.480 e. The number of nitrogens with one attached hydrogen (secondary N) is 2. The third-order valence-corrected chi connectivity index (χ3v) is 7.79. The van der Waals surface area contributed by atoms with Crippen molar-refractivity contribution in [3.05, 3.63) is 90.2 Å². The van der Waals surface area contributed by atoms with Crippen LogP contribution in [0.15, 0.2) is 83.3 Å². The topological polar surface area (TPSA) is 126 Å². The highest BCUT2D eigenvalue weighted by Gasteiger charge is 2.47. The Hall–Kier alpha value is -3.69. The van der Waals surface area contributed by atoms with Gasteiger partial charge < -0.3 is 14.8 Å². The zero-order valence-corrected chi connectivity index (χ0v) is 19.4. The number of fused-ring (bicyclic) bond motifs is 1. The Morgan fingerprint density at radius 2 is 1.74 bits per heavy atom. The highest BCUT2D eigenvalue weighted by Crippen LogP contribution is 2.32. The fraction of sp³-hybridized carbons (Fsp3) is 0.200. The molecule has 4 rings (SSSR count). The summed E-state index contributed by atoms with van der Waals surface area (Å²) in [4.78, 5) is 22.8. The van der Waals surface area contributed by atoms with Crippen LogP contribution in [0.5, 0.6) is 0 Å². The molecule has 2 aromatic carbocycles. The minimum Gasteiger partial charge on any atom is -0.480 e. The Kier molecular flexibility index (Phi) is 5.93.